The van der Waals surface area contributed by atoms with E-state index in [0.717, 1.165) is 67.7 Å². The fourth-order valence-electron chi connectivity index (χ4n) is 3.71. The zero-order valence-electron chi connectivity index (χ0n) is 15.3. The van der Waals surface area contributed by atoms with E-state index in [1.807, 2.05) is 6.07 Å². The summed E-state index contributed by atoms with van der Waals surface area (Å²) >= 11 is 0. The van der Waals surface area contributed by atoms with Crippen LogP contribution in [0.25, 0.3) is 5.65 Å². The fraction of sp³-hybridized carbons (Fsp3) is 0.421. The van der Waals surface area contributed by atoms with Crippen molar-refractivity contribution in [2.24, 2.45) is 0 Å². The number of ether oxygens (including phenoxy) is 2. The Morgan fingerprint density at radius 2 is 1.89 bits per heavy atom. The van der Waals surface area contributed by atoms with Gasteiger partial charge in [0.25, 0.3) is 0 Å². The van der Waals surface area contributed by atoms with Gasteiger partial charge in [0, 0.05) is 32.7 Å². The first-order valence-electron chi connectivity index (χ1n) is 9.36. The lowest BCUT2D eigenvalue weighted by Crippen LogP contribution is -2.46. The zero-order chi connectivity index (χ0) is 18.2. The molecule has 2 aromatic heterocycles. The number of aryl methyl sites for hydroxylation is 1. The second-order valence-corrected chi connectivity index (χ2v) is 6.92. The number of rotatable bonds is 4. The Morgan fingerprint density at radius 1 is 1.04 bits per heavy atom. The third-order valence-electron chi connectivity index (χ3n) is 5.22. The summed E-state index contributed by atoms with van der Waals surface area (Å²) in [5.41, 5.74) is 4.27. The molecule has 1 aromatic carbocycles. The predicted octanol–water partition coefficient (Wildman–Crippen LogP) is 1.74. The molecule has 2 aliphatic heterocycles. The van der Waals surface area contributed by atoms with Crippen molar-refractivity contribution in [2.75, 3.05) is 37.9 Å². The first-order chi connectivity index (χ1) is 13.3. The van der Waals surface area contributed by atoms with Crippen LogP contribution in [0.3, 0.4) is 0 Å². The minimum atomic E-state index is 0.320. The van der Waals surface area contributed by atoms with Gasteiger partial charge < -0.3 is 14.4 Å². The van der Waals surface area contributed by atoms with Gasteiger partial charge in [-0.25, -0.2) is 0 Å². The molecule has 0 spiro atoms. The topological polar surface area (TPSA) is 68.0 Å². The Kier molecular flexibility index (Phi) is 4.05. The van der Waals surface area contributed by atoms with Gasteiger partial charge in [-0.1, -0.05) is 13.0 Å². The van der Waals surface area contributed by atoms with Crippen molar-refractivity contribution in [3.05, 3.63) is 41.9 Å². The van der Waals surface area contributed by atoms with Crippen LogP contribution in [0.2, 0.25) is 0 Å². The number of piperazine rings is 1. The number of hydrogen-bond donors (Lipinski definition) is 0. The lowest BCUT2D eigenvalue weighted by Gasteiger charge is -2.36. The number of aromatic nitrogens is 4. The van der Waals surface area contributed by atoms with E-state index in [1.54, 1.807) is 10.8 Å². The standard InChI is InChI=1S/C19H22N6O2/c1-2-15-10-16(19-21-20-12-25(19)22-15)24-7-5-23(6-8-24)11-14-3-4-17-18(9-14)27-13-26-17/h3-4,9-10,12H,2,5-8,11,13H2,1H3. The number of hydrogen-bond acceptors (Lipinski definition) is 7. The van der Waals surface area contributed by atoms with Crippen LogP contribution >= 0.6 is 0 Å². The van der Waals surface area contributed by atoms with E-state index in [9.17, 15) is 0 Å². The highest BCUT2D eigenvalue weighted by atomic mass is 16.7. The van der Waals surface area contributed by atoms with Crippen LogP contribution in [-0.4, -0.2) is 57.7 Å². The number of anilines is 1. The van der Waals surface area contributed by atoms with Gasteiger partial charge >= 0.3 is 0 Å². The molecule has 5 rings (SSSR count). The molecule has 2 aliphatic rings. The van der Waals surface area contributed by atoms with E-state index in [4.69, 9.17) is 9.47 Å². The summed E-state index contributed by atoms with van der Waals surface area (Å²) in [6, 6.07) is 8.36. The van der Waals surface area contributed by atoms with E-state index in [2.05, 4.69) is 50.2 Å². The summed E-state index contributed by atoms with van der Waals surface area (Å²) in [5, 5.41) is 12.8. The highest BCUT2D eigenvalue weighted by molar-refractivity contribution is 5.68. The van der Waals surface area contributed by atoms with Crippen molar-refractivity contribution in [3.63, 3.8) is 0 Å². The van der Waals surface area contributed by atoms with Crippen LogP contribution in [0, 0.1) is 0 Å². The molecular formula is C19H22N6O2. The summed E-state index contributed by atoms with van der Waals surface area (Å²) in [5.74, 6) is 1.69. The van der Waals surface area contributed by atoms with Gasteiger partial charge in [0.15, 0.2) is 11.5 Å². The van der Waals surface area contributed by atoms with Gasteiger partial charge in [0.2, 0.25) is 12.4 Å². The molecule has 0 unspecified atom stereocenters. The van der Waals surface area contributed by atoms with E-state index >= 15 is 0 Å². The molecule has 140 valence electrons. The van der Waals surface area contributed by atoms with E-state index in [-0.39, 0.29) is 0 Å². The van der Waals surface area contributed by atoms with Gasteiger partial charge in [-0.3, -0.25) is 4.90 Å². The van der Waals surface area contributed by atoms with Gasteiger partial charge in [0.1, 0.15) is 6.33 Å². The van der Waals surface area contributed by atoms with Gasteiger partial charge in [-0.15, -0.1) is 10.2 Å². The van der Waals surface area contributed by atoms with Gasteiger partial charge in [0.05, 0.1) is 11.4 Å². The largest absolute Gasteiger partial charge is 0.454 e. The molecule has 0 bridgehead atoms. The quantitative estimate of drug-likeness (QED) is 0.697. The maximum atomic E-state index is 5.49. The zero-order valence-corrected chi connectivity index (χ0v) is 15.3. The Hall–Kier alpha value is -2.87. The predicted molar refractivity (Wildman–Crippen MR) is 100 cm³/mol. The van der Waals surface area contributed by atoms with Crippen LogP contribution in [-0.2, 0) is 13.0 Å². The molecule has 0 aliphatic carbocycles. The Labute approximate surface area is 157 Å². The highest BCUT2D eigenvalue weighted by Gasteiger charge is 2.22. The molecule has 1 fully saturated rings. The number of nitrogens with zero attached hydrogens (tertiary/aromatic N) is 6. The second-order valence-electron chi connectivity index (χ2n) is 6.92. The summed E-state index contributed by atoms with van der Waals surface area (Å²) in [4.78, 5) is 4.86. The summed E-state index contributed by atoms with van der Waals surface area (Å²) < 4.78 is 12.7. The smallest absolute Gasteiger partial charge is 0.231 e. The number of benzene rings is 1. The van der Waals surface area contributed by atoms with E-state index < -0.39 is 0 Å². The number of fused-ring (bicyclic) bond motifs is 2. The van der Waals surface area contributed by atoms with Crippen LogP contribution in [0.5, 0.6) is 11.5 Å². The summed E-state index contributed by atoms with van der Waals surface area (Å²) in [7, 11) is 0. The minimum Gasteiger partial charge on any atom is -0.454 e. The van der Waals surface area contributed by atoms with E-state index in [0.29, 0.717) is 6.79 Å². The molecule has 1 saturated heterocycles. The van der Waals surface area contributed by atoms with Crippen molar-refractivity contribution < 1.29 is 9.47 Å². The molecule has 8 nitrogen and oxygen atoms in total. The van der Waals surface area contributed by atoms with Crippen molar-refractivity contribution in [1.82, 2.24) is 24.7 Å². The normalized spacial score (nSPS) is 17.0. The molecule has 8 heteroatoms. The third-order valence-corrected chi connectivity index (χ3v) is 5.22. The molecule has 0 atom stereocenters. The molecule has 4 heterocycles. The molecule has 0 saturated carbocycles. The van der Waals surface area contributed by atoms with Crippen molar-refractivity contribution in [1.29, 1.82) is 0 Å². The van der Waals surface area contributed by atoms with Crippen LogP contribution < -0.4 is 14.4 Å². The lowest BCUT2D eigenvalue weighted by molar-refractivity contribution is 0.174. The first kappa shape index (κ1) is 16.3. The molecule has 0 amide bonds. The van der Waals surface area contributed by atoms with E-state index in [1.165, 1.54) is 5.56 Å². The maximum absolute atomic E-state index is 5.49. The Balaban J connectivity index is 1.28. The Morgan fingerprint density at radius 3 is 2.74 bits per heavy atom. The summed E-state index contributed by atoms with van der Waals surface area (Å²) in [6.07, 6.45) is 2.57. The van der Waals surface area contributed by atoms with Crippen LogP contribution in [0.4, 0.5) is 5.69 Å². The molecular weight excluding hydrogens is 344 g/mol. The molecule has 0 radical (unpaired) electrons. The third kappa shape index (κ3) is 3.06. The maximum Gasteiger partial charge on any atom is 0.231 e. The average molecular weight is 366 g/mol. The lowest BCUT2D eigenvalue weighted by atomic mass is 10.1. The first-order valence-corrected chi connectivity index (χ1v) is 9.36. The average Bonchev–Trinajstić information content (AvgIpc) is 3.36. The van der Waals surface area contributed by atoms with Crippen molar-refractivity contribution >= 4 is 11.3 Å². The van der Waals surface area contributed by atoms with Crippen LogP contribution in [0.15, 0.2) is 30.6 Å². The molecule has 3 aromatic rings. The fourth-order valence-corrected chi connectivity index (χ4v) is 3.71. The van der Waals surface area contributed by atoms with Gasteiger partial charge in [-0.2, -0.15) is 9.61 Å². The second kappa shape index (κ2) is 6.70. The summed E-state index contributed by atoms with van der Waals surface area (Å²) in [6.45, 7) is 7.27. The minimum absolute atomic E-state index is 0.320. The SMILES string of the molecule is CCc1cc(N2CCN(Cc3ccc4c(c3)OCO4)CC2)c2nncn2n1. The molecule has 0 N–H and O–H groups in total. The van der Waals surface area contributed by atoms with Gasteiger partial charge in [-0.05, 0) is 30.2 Å². The highest BCUT2D eigenvalue weighted by Crippen LogP contribution is 2.33. The Bertz CT molecular complexity index is 964. The monoisotopic (exact) mass is 366 g/mol. The van der Waals surface area contributed by atoms with Crippen molar-refractivity contribution in [3.8, 4) is 11.5 Å². The molecule has 27 heavy (non-hydrogen) atoms. The van der Waals surface area contributed by atoms with Crippen molar-refractivity contribution in [2.45, 2.75) is 19.9 Å². The van der Waals surface area contributed by atoms with Crippen LogP contribution in [0.1, 0.15) is 18.2 Å².